The Balaban J connectivity index is 2.50. The quantitative estimate of drug-likeness (QED) is 0.849. The Hall–Kier alpha value is -2.60. The molecule has 0 saturated heterocycles. The lowest BCUT2D eigenvalue weighted by Crippen LogP contribution is -2.31. The Labute approximate surface area is 118 Å². The molecule has 0 aliphatic rings. The molecule has 0 radical (unpaired) electrons. The first-order valence-electron chi connectivity index (χ1n) is 6.27. The van der Waals surface area contributed by atoms with Crippen LogP contribution in [0.2, 0.25) is 0 Å². The number of carboxylic acid groups (broad SMARTS) is 1. The Morgan fingerprint density at radius 2 is 1.85 bits per heavy atom. The third-order valence-corrected chi connectivity index (χ3v) is 3.25. The molecular weight excluding hydrogens is 250 g/mol. The molecule has 1 heterocycles. The molecule has 20 heavy (non-hydrogen) atoms. The van der Waals surface area contributed by atoms with Gasteiger partial charge in [-0.25, -0.2) is 0 Å². The highest BCUT2D eigenvalue weighted by atomic mass is 16.4. The zero-order valence-electron chi connectivity index (χ0n) is 11.4. The van der Waals surface area contributed by atoms with Crippen molar-refractivity contribution < 1.29 is 9.90 Å². The minimum absolute atomic E-state index is 0.717. The van der Waals surface area contributed by atoms with Crippen molar-refractivity contribution in [1.29, 1.82) is 0 Å². The molecule has 0 fully saturated rings. The normalized spacial score (nSPS) is 12.9. The van der Waals surface area contributed by atoms with Crippen LogP contribution in [0, 0.1) is 18.8 Å². The van der Waals surface area contributed by atoms with Crippen molar-refractivity contribution in [3.05, 3.63) is 65.5 Å². The predicted molar refractivity (Wildman–Crippen MR) is 77.3 cm³/mol. The molecular formula is C17H15NO2. The van der Waals surface area contributed by atoms with E-state index in [0.717, 1.165) is 11.1 Å². The van der Waals surface area contributed by atoms with Crippen molar-refractivity contribution >= 4 is 5.97 Å². The van der Waals surface area contributed by atoms with E-state index in [0.29, 0.717) is 5.56 Å². The van der Waals surface area contributed by atoms with Crippen LogP contribution in [0.5, 0.6) is 0 Å². The molecule has 1 aromatic carbocycles. The van der Waals surface area contributed by atoms with Gasteiger partial charge in [-0.1, -0.05) is 36.1 Å². The van der Waals surface area contributed by atoms with E-state index in [4.69, 9.17) is 0 Å². The van der Waals surface area contributed by atoms with Gasteiger partial charge in [0.15, 0.2) is 5.41 Å². The van der Waals surface area contributed by atoms with Crippen LogP contribution in [-0.2, 0) is 10.2 Å². The number of aryl methyl sites for hydroxylation is 1. The zero-order valence-corrected chi connectivity index (χ0v) is 11.4. The molecule has 3 heteroatoms. The lowest BCUT2D eigenvalue weighted by atomic mass is 9.80. The van der Waals surface area contributed by atoms with Crippen molar-refractivity contribution in [1.82, 2.24) is 4.98 Å². The Kier molecular flexibility index (Phi) is 3.86. The molecule has 100 valence electrons. The highest BCUT2D eigenvalue weighted by molar-refractivity contribution is 5.86. The summed E-state index contributed by atoms with van der Waals surface area (Å²) in [6.07, 6.45) is 3.27. The fraction of sp³-hybridized carbons (Fsp3) is 0.176. The van der Waals surface area contributed by atoms with Gasteiger partial charge < -0.3 is 5.11 Å². The summed E-state index contributed by atoms with van der Waals surface area (Å²) in [6, 6.07) is 10.9. The van der Waals surface area contributed by atoms with Gasteiger partial charge in [-0.15, -0.1) is 0 Å². The molecule has 0 amide bonds. The maximum Gasteiger partial charge on any atom is 0.326 e. The molecule has 3 nitrogen and oxygen atoms in total. The van der Waals surface area contributed by atoms with Crippen LogP contribution in [0.15, 0.2) is 48.8 Å². The fourth-order valence-electron chi connectivity index (χ4n) is 2.00. The minimum Gasteiger partial charge on any atom is -0.480 e. The van der Waals surface area contributed by atoms with E-state index < -0.39 is 11.4 Å². The molecule has 2 rings (SSSR count). The standard InChI is InChI=1S/C17H15NO2/c1-13-5-3-4-6-15(13)17(2,16(19)20)10-7-14-8-11-18-12-9-14/h3-6,8-9,11-12H,1-2H3,(H,19,20). The monoisotopic (exact) mass is 265 g/mol. The number of hydrogen-bond donors (Lipinski definition) is 1. The first kappa shape index (κ1) is 13.8. The lowest BCUT2D eigenvalue weighted by molar-refractivity contribution is -0.140. The van der Waals surface area contributed by atoms with Gasteiger partial charge in [0, 0.05) is 18.0 Å². The van der Waals surface area contributed by atoms with Crippen LogP contribution in [0.3, 0.4) is 0 Å². The van der Waals surface area contributed by atoms with Crippen LogP contribution in [0.1, 0.15) is 23.6 Å². The number of pyridine rings is 1. The average Bonchev–Trinajstić information content (AvgIpc) is 2.46. The third kappa shape index (κ3) is 2.70. The molecule has 0 aliphatic carbocycles. The molecule has 1 atom stereocenters. The largest absolute Gasteiger partial charge is 0.480 e. The van der Waals surface area contributed by atoms with Crippen molar-refractivity contribution in [2.24, 2.45) is 0 Å². The van der Waals surface area contributed by atoms with Gasteiger partial charge in [-0.2, -0.15) is 0 Å². The lowest BCUT2D eigenvalue weighted by Gasteiger charge is -2.21. The molecule has 1 aromatic heterocycles. The van der Waals surface area contributed by atoms with Gasteiger partial charge in [0.1, 0.15) is 0 Å². The maximum absolute atomic E-state index is 11.7. The van der Waals surface area contributed by atoms with Crippen LogP contribution >= 0.6 is 0 Å². The van der Waals surface area contributed by atoms with Gasteiger partial charge in [0.25, 0.3) is 0 Å². The second-order valence-electron chi connectivity index (χ2n) is 4.73. The van der Waals surface area contributed by atoms with Crippen LogP contribution in [-0.4, -0.2) is 16.1 Å². The van der Waals surface area contributed by atoms with E-state index in [-0.39, 0.29) is 0 Å². The van der Waals surface area contributed by atoms with Crippen molar-refractivity contribution in [3.63, 3.8) is 0 Å². The summed E-state index contributed by atoms with van der Waals surface area (Å²) < 4.78 is 0. The van der Waals surface area contributed by atoms with E-state index in [2.05, 4.69) is 16.8 Å². The highest BCUT2D eigenvalue weighted by Gasteiger charge is 2.34. The summed E-state index contributed by atoms with van der Waals surface area (Å²) in [7, 11) is 0. The van der Waals surface area contributed by atoms with E-state index in [1.807, 2.05) is 31.2 Å². The molecule has 0 bridgehead atoms. The average molecular weight is 265 g/mol. The molecule has 1 unspecified atom stereocenters. The minimum atomic E-state index is -1.23. The summed E-state index contributed by atoms with van der Waals surface area (Å²) in [5, 5.41) is 9.57. The Bertz CT molecular complexity index is 683. The topological polar surface area (TPSA) is 50.2 Å². The Morgan fingerprint density at radius 3 is 2.45 bits per heavy atom. The number of aromatic nitrogens is 1. The van der Waals surface area contributed by atoms with Gasteiger partial charge in [-0.05, 0) is 37.1 Å². The first-order valence-corrected chi connectivity index (χ1v) is 6.27. The second-order valence-corrected chi connectivity index (χ2v) is 4.73. The molecule has 1 N–H and O–H groups in total. The number of aliphatic carboxylic acids is 1. The smallest absolute Gasteiger partial charge is 0.326 e. The van der Waals surface area contributed by atoms with Gasteiger partial charge in [-0.3, -0.25) is 9.78 Å². The molecule has 0 saturated carbocycles. The Morgan fingerprint density at radius 1 is 1.20 bits per heavy atom. The summed E-state index contributed by atoms with van der Waals surface area (Å²) in [5.41, 5.74) is 1.16. The van der Waals surface area contributed by atoms with E-state index >= 15 is 0 Å². The van der Waals surface area contributed by atoms with Crippen molar-refractivity contribution in [2.45, 2.75) is 19.3 Å². The van der Waals surface area contributed by atoms with E-state index in [9.17, 15) is 9.90 Å². The number of carboxylic acids is 1. The second kappa shape index (κ2) is 5.58. The fourth-order valence-corrected chi connectivity index (χ4v) is 2.00. The SMILES string of the molecule is Cc1ccccc1C(C)(C#Cc1ccncc1)C(=O)O. The van der Waals surface area contributed by atoms with Crippen molar-refractivity contribution in [2.75, 3.05) is 0 Å². The summed E-state index contributed by atoms with van der Waals surface area (Å²) in [6.45, 7) is 3.52. The number of benzene rings is 1. The summed E-state index contributed by atoms with van der Waals surface area (Å²) >= 11 is 0. The maximum atomic E-state index is 11.7. The van der Waals surface area contributed by atoms with Gasteiger partial charge in [0.05, 0.1) is 0 Å². The highest BCUT2D eigenvalue weighted by Crippen LogP contribution is 2.26. The molecule has 2 aromatic rings. The zero-order chi connectivity index (χ0) is 14.6. The number of carbonyl (C=O) groups is 1. The molecule has 0 spiro atoms. The van der Waals surface area contributed by atoms with Crippen LogP contribution < -0.4 is 0 Å². The number of rotatable bonds is 2. The van der Waals surface area contributed by atoms with Crippen LogP contribution in [0.25, 0.3) is 0 Å². The van der Waals surface area contributed by atoms with Gasteiger partial charge >= 0.3 is 5.97 Å². The van der Waals surface area contributed by atoms with E-state index in [1.54, 1.807) is 31.5 Å². The first-order chi connectivity index (χ1) is 9.54. The summed E-state index contributed by atoms with van der Waals surface area (Å²) in [5.74, 6) is 4.86. The van der Waals surface area contributed by atoms with Crippen molar-refractivity contribution in [3.8, 4) is 11.8 Å². The summed E-state index contributed by atoms with van der Waals surface area (Å²) in [4.78, 5) is 15.6. The number of nitrogens with zero attached hydrogens (tertiary/aromatic N) is 1. The van der Waals surface area contributed by atoms with Crippen LogP contribution in [0.4, 0.5) is 0 Å². The third-order valence-electron chi connectivity index (χ3n) is 3.25. The molecule has 0 aliphatic heterocycles. The van der Waals surface area contributed by atoms with Gasteiger partial charge in [0.2, 0.25) is 0 Å². The predicted octanol–water partition coefficient (Wildman–Crippen LogP) is 2.78. The number of hydrogen-bond acceptors (Lipinski definition) is 2. The van der Waals surface area contributed by atoms with E-state index in [1.165, 1.54) is 0 Å².